The van der Waals surface area contributed by atoms with Crippen molar-refractivity contribution < 1.29 is 19.1 Å². The molecule has 1 saturated heterocycles. The number of hydrogen-bond donors (Lipinski definition) is 0. The normalized spacial score (nSPS) is 22.5. The van der Waals surface area contributed by atoms with E-state index in [2.05, 4.69) is 0 Å². The highest BCUT2D eigenvalue weighted by molar-refractivity contribution is 5.98. The topological polar surface area (TPSA) is 59.1 Å². The molecule has 1 aromatic rings. The summed E-state index contributed by atoms with van der Waals surface area (Å²) in [5.41, 5.74) is 0.758. The Hall–Kier alpha value is -2.08. The number of anilines is 1. The molecule has 6 heteroatoms. The van der Waals surface area contributed by atoms with Crippen LogP contribution in [0.15, 0.2) is 24.3 Å². The third kappa shape index (κ3) is 3.63. The summed E-state index contributed by atoms with van der Waals surface area (Å²) in [5, 5.41) is 0. The molecule has 0 spiro atoms. The molecule has 0 radical (unpaired) electrons. The largest absolute Gasteiger partial charge is 0.482 e. The highest BCUT2D eigenvalue weighted by Gasteiger charge is 2.35. The number of nitrogens with zero attached hydrogens (tertiary/aromatic N) is 2. The standard InChI is InChI=1S/C19H24N2O4/c22-18(21(15-5-6-15)11-14-8-10-24-12-14)7-9-20-16-3-1-2-4-17(16)25-13-19(20)23/h1-4,14-15H,5-13H2/t14-/m0/s1. The summed E-state index contributed by atoms with van der Waals surface area (Å²) in [6, 6.07) is 7.88. The van der Waals surface area contributed by atoms with Gasteiger partial charge in [0.2, 0.25) is 5.91 Å². The van der Waals surface area contributed by atoms with Crippen molar-refractivity contribution >= 4 is 17.5 Å². The highest BCUT2D eigenvalue weighted by Crippen LogP contribution is 2.32. The van der Waals surface area contributed by atoms with E-state index in [1.54, 1.807) is 4.90 Å². The van der Waals surface area contributed by atoms with Crippen LogP contribution in [0.3, 0.4) is 0 Å². The summed E-state index contributed by atoms with van der Waals surface area (Å²) >= 11 is 0. The van der Waals surface area contributed by atoms with Crippen molar-refractivity contribution in [1.29, 1.82) is 0 Å². The zero-order chi connectivity index (χ0) is 17.2. The number of hydrogen-bond acceptors (Lipinski definition) is 4. The van der Waals surface area contributed by atoms with Crippen molar-refractivity contribution in [2.75, 3.05) is 37.8 Å². The van der Waals surface area contributed by atoms with E-state index in [1.807, 2.05) is 29.2 Å². The number of rotatable bonds is 6. The van der Waals surface area contributed by atoms with Gasteiger partial charge in [0.05, 0.1) is 12.3 Å². The maximum absolute atomic E-state index is 12.8. The van der Waals surface area contributed by atoms with Gasteiger partial charge in [-0.2, -0.15) is 0 Å². The second-order valence-corrected chi connectivity index (χ2v) is 7.06. The summed E-state index contributed by atoms with van der Waals surface area (Å²) in [4.78, 5) is 28.7. The number of benzene rings is 1. The Labute approximate surface area is 147 Å². The van der Waals surface area contributed by atoms with Crippen LogP contribution in [0.25, 0.3) is 0 Å². The molecule has 1 aliphatic carbocycles. The first kappa shape index (κ1) is 16.4. The molecule has 0 N–H and O–H groups in total. The molecule has 0 unspecified atom stereocenters. The van der Waals surface area contributed by atoms with Crippen molar-refractivity contribution in [3.63, 3.8) is 0 Å². The molecule has 6 nitrogen and oxygen atoms in total. The molecule has 0 bridgehead atoms. The smallest absolute Gasteiger partial charge is 0.265 e. The molecular formula is C19H24N2O4. The van der Waals surface area contributed by atoms with E-state index < -0.39 is 0 Å². The summed E-state index contributed by atoms with van der Waals surface area (Å²) < 4.78 is 10.9. The van der Waals surface area contributed by atoms with Gasteiger partial charge in [0.25, 0.3) is 5.91 Å². The van der Waals surface area contributed by atoms with Gasteiger partial charge in [-0.1, -0.05) is 12.1 Å². The van der Waals surface area contributed by atoms with Crippen LogP contribution in [0.5, 0.6) is 5.75 Å². The third-order valence-electron chi connectivity index (χ3n) is 5.14. The Bertz CT molecular complexity index is 653. The third-order valence-corrected chi connectivity index (χ3v) is 5.14. The lowest BCUT2D eigenvalue weighted by Gasteiger charge is -2.30. The Morgan fingerprint density at radius 2 is 2.08 bits per heavy atom. The number of ether oxygens (including phenoxy) is 2. The Balaban J connectivity index is 1.39. The number of para-hydroxylation sites is 2. The van der Waals surface area contributed by atoms with Gasteiger partial charge in [-0.3, -0.25) is 9.59 Å². The van der Waals surface area contributed by atoms with Gasteiger partial charge in [-0.05, 0) is 31.4 Å². The lowest BCUT2D eigenvalue weighted by Crippen LogP contribution is -2.43. The maximum Gasteiger partial charge on any atom is 0.265 e. The van der Waals surface area contributed by atoms with Gasteiger partial charge >= 0.3 is 0 Å². The number of fused-ring (bicyclic) bond motifs is 1. The number of carbonyl (C=O) groups is 2. The van der Waals surface area contributed by atoms with E-state index in [4.69, 9.17) is 9.47 Å². The summed E-state index contributed by atoms with van der Waals surface area (Å²) in [5.74, 6) is 1.21. The molecule has 3 aliphatic rings. The number of carbonyl (C=O) groups excluding carboxylic acids is 2. The molecule has 1 atom stereocenters. The molecule has 2 heterocycles. The molecule has 4 rings (SSSR count). The maximum atomic E-state index is 12.8. The van der Waals surface area contributed by atoms with Crippen molar-refractivity contribution in [2.45, 2.75) is 31.7 Å². The van der Waals surface area contributed by atoms with Gasteiger partial charge in [-0.25, -0.2) is 0 Å². The van der Waals surface area contributed by atoms with E-state index in [0.29, 0.717) is 30.7 Å². The van der Waals surface area contributed by atoms with Gasteiger partial charge in [0, 0.05) is 38.1 Å². The first-order chi connectivity index (χ1) is 12.2. The molecule has 2 fully saturated rings. The summed E-state index contributed by atoms with van der Waals surface area (Å²) in [6.07, 6.45) is 3.58. The van der Waals surface area contributed by atoms with Gasteiger partial charge in [-0.15, -0.1) is 0 Å². The monoisotopic (exact) mass is 344 g/mol. The predicted molar refractivity (Wildman–Crippen MR) is 92.6 cm³/mol. The van der Waals surface area contributed by atoms with Crippen molar-refractivity contribution in [2.24, 2.45) is 5.92 Å². The zero-order valence-corrected chi connectivity index (χ0v) is 14.4. The highest BCUT2D eigenvalue weighted by atomic mass is 16.5. The first-order valence-electron chi connectivity index (χ1n) is 9.12. The van der Waals surface area contributed by atoms with Gasteiger partial charge in [0.1, 0.15) is 5.75 Å². The van der Waals surface area contributed by atoms with Crippen LogP contribution in [-0.2, 0) is 14.3 Å². The van der Waals surface area contributed by atoms with E-state index in [9.17, 15) is 9.59 Å². The average Bonchev–Trinajstić information content (AvgIpc) is 3.34. The summed E-state index contributed by atoms with van der Waals surface area (Å²) in [7, 11) is 0. The van der Waals surface area contributed by atoms with Crippen LogP contribution in [0.1, 0.15) is 25.7 Å². The fourth-order valence-corrected chi connectivity index (χ4v) is 3.60. The predicted octanol–water partition coefficient (Wildman–Crippen LogP) is 1.83. The van der Waals surface area contributed by atoms with Crippen LogP contribution in [0, 0.1) is 5.92 Å². The molecule has 1 saturated carbocycles. The minimum absolute atomic E-state index is 0.0386. The first-order valence-corrected chi connectivity index (χ1v) is 9.12. The van der Waals surface area contributed by atoms with E-state index in [-0.39, 0.29) is 18.4 Å². The van der Waals surface area contributed by atoms with Crippen LogP contribution < -0.4 is 9.64 Å². The van der Waals surface area contributed by atoms with Crippen molar-refractivity contribution in [3.8, 4) is 5.75 Å². The quantitative estimate of drug-likeness (QED) is 0.790. The fraction of sp³-hybridized carbons (Fsp3) is 0.579. The fourth-order valence-electron chi connectivity index (χ4n) is 3.60. The Morgan fingerprint density at radius 3 is 2.84 bits per heavy atom. The van der Waals surface area contributed by atoms with Crippen molar-refractivity contribution in [3.05, 3.63) is 24.3 Å². The van der Waals surface area contributed by atoms with Crippen LogP contribution in [0.2, 0.25) is 0 Å². The minimum Gasteiger partial charge on any atom is -0.482 e. The Morgan fingerprint density at radius 1 is 1.24 bits per heavy atom. The molecule has 134 valence electrons. The second-order valence-electron chi connectivity index (χ2n) is 7.06. The second kappa shape index (κ2) is 7.04. The molecule has 25 heavy (non-hydrogen) atoms. The Kier molecular flexibility index (Phi) is 4.61. The zero-order valence-electron chi connectivity index (χ0n) is 14.4. The van der Waals surface area contributed by atoms with Gasteiger partial charge < -0.3 is 19.3 Å². The van der Waals surface area contributed by atoms with Crippen LogP contribution in [0.4, 0.5) is 5.69 Å². The molecule has 2 amide bonds. The van der Waals surface area contributed by atoms with Crippen LogP contribution >= 0.6 is 0 Å². The minimum atomic E-state index is -0.0892. The van der Waals surface area contributed by atoms with E-state index >= 15 is 0 Å². The molecular weight excluding hydrogens is 320 g/mol. The van der Waals surface area contributed by atoms with Crippen LogP contribution in [-0.4, -0.2) is 55.7 Å². The molecule has 2 aliphatic heterocycles. The number of amides is 2. The lowest BCUT2D eigenvalue weighted by atomic mass is 10.1. The summed E-state index contributed by atoms with van der Waals surface area (Å²) in [6.45, 7) is 2.79. The van der Waals surface area contributed by atoms with E-state index in [1.165, 1.54) is 0 Å². The SMILES string of the molecule is O=C1COc2ccccc2N1CCC(=O)N(C[C@@H]1CCOC1)C1CC1. The molecule has 0 aromatic heterocycles. The van der Waals surface area contributed by atoms with Gasteiger partial charge in [0.15, 0.2) is 6.61 Å². The van der Waals surface area contributed by atoms with Crippen molar-refractivity contribution in [1.82, 2.24) is 4.90 Å². The average molecular weight is 344 g/mol. The van der Waals surface area contributed by atoms with E-state index in [0.717, 1.165) is 44.7 Å². The molecule has 1 aromatic carbocycles. The lowest BCUT2D eigenvalue weighted by molar-refractivity contribution is -0.132.